The first-order chi connectivity index (χ1) is 12.2. The van der Waals surface area contributed by atoms with E-state index in [2.05, 4.69) is 4.72 Å². The standard InChI is InChI=1S/C20H24N2O3S/c1-14-4-7-16(8-5-14)13-22(18-10-11-18)20(23)17-9-6-15(2)19(12-17)21-26(3,24)25/h4-9,12,18,21H,10-11,13H2,1-3H3. The maximum atomic E-state index is 13.1. The van der Waals surface area contributed by atoms with Crippen LogP contribution in [-0.2, 0) is 16.6 Å². The molecule has 0 atom stereocenters. The Morgan fingerprint density at radius 3 is 2.35 bits per heavy atom. The molecule has 0 spiro atoms. The van der Waals surface area contributed by atoms with Gasteiger partial charge in [-0.2, -0.15) is 0 Å². The van der Waals surface area contributed by atoms with Crippen LogP contribution in [0.25, 0.3) is 0 Å². The number of nitrogens with zero attached hydrogens (tertiary/aromatic N) is 1. The zero-order valence-electron chi connectivity index (χ0n) is 15.3. The predicted octanol–water partition coefficient (Wildman–Crippen LogP) is 3.48. The van der Waals surface area contributed by atoms with Crippen LogP contribution in [0.5, 0.6) is 0 Å². The molecule has 0 radical (unpaired) electrons. The largest absolute Gasteiger partial charge is 0.331 e. The van der Waals surface area contributed by atoms with Crippen molar-refractivity contribution in [1.82, 2.24) is 4.90 Å². The minimum absolute atomic E-state index is 0.0652. The van der Waals surface area contributed by atoms with Crippen molar-refractivity contribution < 1.29 is 13.2 Å². The molecule has 26 heavy (non-hydrogen) atoms. The maximum absolute atomic E-state index is 13.1. The average Bonchev–Trinajstić information content (AvgIpc) is 3.39. The number of carbonyl (C=O) groups is 1. The van der Waals surface area contributed by atoms with E-state index in [-0.39, 0.29) is 11.9 Å². The summed E-state index contributed by atoms with van der Waals surface area (Å²) >= 11 is 0. The summed E-state index contributed by atoms with van der Waals surface area (Å²) in [5, 5.41) is 0. The van der Waals surface area contributed by atoms with E-state index in [0.29, 0.717) is 17.8 Å². The molecule has 2 aromatic rings. The zero-order chi connectivity index (χ0) is 18.9. The van der Waals surface area contributed by atoms with Gasteiger partial charge in [-0.1, -0.05) is 35.9 Å². The van der Waals surface area contributed by atoms with Gasteiger partial charge in [0.1, 0.15) is 0 Å². The quantitative estimate of drug-likeness (QED) is 0.844. The normalized spacial score (nSPS) is 14.1. The fourth-order valence-corrected chi connectivity index (χ4v) is 3.49. The zero-order valence-corrected chi connectivity index (χ0v) is 16.1. The van der Waals surface area contributed by atoms with Crippen LogP contribution in [0.15, 0.2) is 42.5 Å². The second-order valence-corrected chi connectivity index (χ2v) is 8.80. The third-order valence-electron chi connectivity index (χ3n) is 4.50. The van der Waals surface area contributed by atoms with Gasteiger partial charge in [-0.15, -0.1) is 0 Å². The lowest BCUT2D eigenvalue weighted by atomic mass is 10.1. The van der Waals surface area contributed by atoms with Crippen LogP contribution >= 0.6 is 0 Å². The molecule has 0 unspecified atom stereocenters. The van der Waals surface area contributed by atoms with Crippen molar-refractivity contribution in [3.8, 4) is 0 Å². The SMILES string of the molecule is Cc1ccc(CN(C(=O)c2ccc(C)c(NS(C)(=O)=O)c2)C2CC2)cc1. The highest BCUT2D eigenvalue weighted by Crippen LogP contribution is 2.30. The first kappa shape index (κ1) is 18.5. The number of aryl methyl sites for hydroxylation is 2. The van der Waals surface area contributed by atoms with Gasteiger partial charge in [-0.05, 0) is 49.9 Å². The van der Waals surface area contributed by atoms with Crippen LogP contribution in [0.1, 0.15) is 39.9 Å². The van der Waals surface area contributed by atoms with Crippen LogP contribution < -0.4 is 4.72 Å². The summed E-state index contributed by atoms with van der Waals surface area (Å²) in [5.74, 6) is -0.0652. The van der Waals surface area contributed by atoms with E-state index in [4.69, 9.17) is 0 Å². The van der Waals surface area contributed by atoms with Gasteiger partial charge in [0.05, 0.1) is 11.9 Å². The molecule has 6 heteroatoms. The summed E-state index contributed by atoms with van der Waals surface area (Å²) in [7, 11) is -3.39. The number of rotatable bonds is 6. The van der Waals surface area contributed by atoms with Gasteiger partial charge in [0.15, 0.2) is 0 Å². The smallest absolute Gasteiger partial charge is 0.254 e. The van der Waals surface area contributed by atoms with Gasteiger partial charge in [0.2, 0.25) is 10.0 Å². The number of amides is 1. The van der Waals surface area contributed by atoms with Gasteiger partial charge < -0.3 is 4.90 Å². The van der Waals surface area contributed by atoms with Crippen molar-refractivity contribution in [2.45, 2.75) is 39.3 Å². The van der Waals surface area contributed by atoms with Gasteiger partial charge in [0.25, 0.3) is 5.91 Å². The molecule has 138 valence electrons. The highest BCUT2D eigenvalue weighted by molar-refractivity contribution is 7.92. The topological polar surface area (TPSA) is 66.5 Å². The lowest BCUT2D eigenvalue weighted by Crippen LogP contribution is -2.32. The second-order valence-electron chi connectivity index (χ2n) is 7.05. The molecule has 0 heterocycles. The lowest BCUT2D eigenvalue weighted by molar-refractivity contribution is 0.0730. The summed E-state index contributed by atoms with van der Waals surface area (Å²) in [6.07, 6.45) is 3.13. The van der Waals surface area contributed by atoms with Gasteiger partial charge >= 0.3 is 0 Å². The molecule has 0 bridgehead atoms. The van der Waals surface area contributed by atoms with E-state index in [1.54, 1.807) is 18.2 Å². The molecule has 1 amide bonds. The van der Waals surface area contributed by atoms with Crippen molar-refractivity contribution >= 4 is 21.6 Å². The molecule has 1 saturated carbocycles. The van der Waals surface area contributed by atoms with Crippen molar-refractivity contribution in [1.29, 1.82) is 0 Å². The molecule has 1 N–H and O–H groups in total. The van der Waals surface area contributed by atoms with E-state index in [0.717, 1.165) is 30.2 Å². The maximum Gasteiger partial charge on any atom is 0.254 e. The van der Waals surface area contributed by atoms with Crippen LogP contribution in [0.3, 0.4) is 0 Å². The monoisotopic (exact) mass is 372 g/mol. The third-order valence-corrected chi connectivity index (χ3v) is 5.09. The molecule has 5 nitrogen and oxygen atoms in total. The fraction of sp³-hybridized carbons (Fsp3) is 0.350. The molecule has 1 aliphatic carbocycles. The van der Waals surface area contributed by atoms with Crippen molar-refractivity contribution in [2.75, 3.05) is 11.0 Å². The number of carbonyl (C=O) groups excluding carboxylic acids is 1. The summed E-state index contributed by atoms with van der Waals surface area (Å²) in [6, 6.07) is 13.6. The lowest BCUT2D eigenvalue weighted by Gasteiger charge is -2.23. The van der Waals surface area contributed by atoms with Crippen LogP contribution in [0.2, 0.25) is 0 Å². The Morgan fingerprint density at radius 1 is 1.12 bits per heavy atom. The van der Waals surface area contributed by atoms with Gasteiger partial charge in [-0.25, -0.2) is 8.42 Å². The Balaban J connectivity index is 1.85. The highest BCUT2D eigenvalue weighted by Gasteiger charge is 2.33. The Bertz CT molecular complexity index is 917. The molecule has 2 aromatic carbocycles. The summed E-state index contributed by atoms with van der Waals surface area (Å²) < 4.78 is 25.6. The summed E-state index contributed by atoms with van der Waals surface area (Å²) in [6.45, 7) is 4.41. The second kappa shape index (κ2) is 7.11. The number of hydrogen-bond acceptors (Lipinski definition) is 3. The molecule has 0 aliphatic heterocycles. The Hall–Kier alpha value is -2.34. The summed E-state index contributed by atoms with van der Waals surface area (Å²) in [4.78, 5) is 15.0. The minimum atomic E-state index is -3.39. The Morgan fingerprint density at radius 2 is 1.77 bits per heavy atom. The number of sulfonamides is 1. The highest BCUT2D eigenvalue weighted by atomic mass is 32.2. The Kier molecular flexibility index (Phi) is 5.05. The van der Waals surface area contributed by atoms with Crippen molar-refractivity contribution in [3.63, 3.8) is 0 Å². The third kappa shape index (κ3) is 4.64. The fourth-order valence-electron chi connectivity index (χ4n) is 2.87. The number of benzene rings is 2. The molecular weight excluding hydrogens is 348 g/mol. The van der Waals surface area contributed by atoms with Crippen molar-refractivity contribution in [3.05, 3.63) is 64.7 Å². The first-order valence-electron chi connectivity index (χ1n) is 8.68. The van der Waals surface area contributed by atoms with E-state index < -0.39 is 10.0 Å². The van der Waals surface area contributed by atoms with E-state index in [1.165, 1.54) is 5.56 Å². The van der Waals surface area contributed by atoms with Gasteiger partial charge in [0, 0.05) is 18.2 Å². The molecular formula is C20H24N2O3S. The first-order valence-corrected chi connectivity index (χ1v) is 10.6. The number of hydrogen-bond donors (Lipinski definition) is 1. The molecule has 3 rings (SSSR count). The van der Waals surface area contributed by atoms with E-state index in [1.807, 2.05) is 43.0 Å². The number of anilines is 1. The molecule has 0 aromatic heterocycles. The van der Waals surface area contributed by atoms with Crippen LogP contribution in [-0.4, -0.2) is 31.5 Å². The van der Waals surface area contributed by atoms with Crippen LogP contribution in [0.4, 0.5) is 5.69 Å². The van der Waals surface area contributed by atoms with Gasteiger partial charge in [-0.3, -0.25) is 9.52 Å². The predicted molar refractivity (Wildman–Crippen MR) is 104 cm³/mol. The van der Waals surface area contributed by atoms with Crippen molar-refractivity contribution in [2.24, 2.45) is 0 Å². The average molecular weight is 372 g/mol. The number of nitrogens with one attached hydrogen (secondary N) is 1. The van der Waals surface area contributed by atoms with E-state index >= 15 is 0 Å². The molecule has 1 aliphatic rings. The molecule has 0 saturated heterocycles. The van der Waals surface area contributed by atoms with E-state index in [9.17, 15) is 13.2 Å². The summed E-state index contributed by atoms with van der Waals surface area (Å²) in [5.41, 5.74) is 4.01. The van der Waals surface area contributed by atoms with Crippen LogP contribution in [0, 0.1) is 13.8 Å². The minimum Gasteiger partial charge on any atom is -0.331 e. The Labute approximate surface area is 155 Å². The molecule has 1 fully saturated rings.